The lowest BCUT2D eigenvalue weighted by molar-refractivity contribution is -0.135. The number of piperazine rings is 1. The molecule has 3 aliphatic rings. The molecule has 2 aromatic heterocycles. The first-order chi connectivity index (χ1) is 19.2. The lowest BCUT2D eigenvalue weighted by Gasteiger charge is -2.39. The molecule has 0 unspecified atom stereocenters. The van der Waals surface area contributed by atoms with Crippen molar-refractivity contribution < 1.29 is 31.1 Å². The molecule has 1 amide bonds. The van der Waals surface area contributed by atoms with Crippen LogP contribution in [0, 0.1) is 5.92 Å². The number of carbonyl (C=O) groups is 1. The number of rotatable bonds is 8. The van der Waals surface area contributed by atoms with E-state index in [2.05, 4.69) is 20.0 Å². The molecule has 0 bridgehead atoms. The number of nitrogens with one attached hydrogen (secondary N) is 1. The summed E-state index contributed by atoms with van der Waals surface area (Å²) in [4.78, 5) is 16.7. The van der Waals surface area contributed by atoms with Gasteiger partial charge in [-0.05, 0) is 25.0 Å². The number of halogens is 3. The summed E-state index contributed by atoms with van der Waals surface area (Å²) in [5.41, 5.74) is -0.473. The van der Waals surface area contributed by atoms with Crippen molar-refractivity contribution in [2.24, 2.45) is 5.92 Å². The van der Waals surface area contributed by atoms with Crippen molar-refractivity contribution in [2.75, 3.05) is 51.0 Å². The SMILES string of the molecule is O=C(C1CCCC1)N1CCN(c2cc(S(=O)(=O)NC3(CF)COC3)cc3c2cnn3-c2nnc(C(F)F)s2)CC1. The minimum Gasteiger partial charge on any atom is -0.377 e. The average molecular weight is 600 g/mol. The molecule has 1 saturated carbocycles. The number of amides is 1. The van der Waals surface area contributed by atoms with Crippen LogP contribution in [0.25, 0.3) is 16.0 Å². The molecule has 216 valence electrons. The number of nitrogens with zero attached hydrogens (tertiary/aromatic N) is 6. The normalized spacial score (nSPS) is 20.0. The van der Waals surface area contributed by atoms with Crippen LogP contribution in [0.3, 0.4) is 0 Å². The zero-order valence-corrected chi connectivity index (χ0v) is 23.1. The van der Waals surface area contributed by atoms with Crippen LogP contribution in [0.15, 0.2) is 23.2 Å². The predicted octanol–water partition coefficient (Wildman–Crippen LogP) is 2.67. The molecule has 2 aliphatic heterocycles. The van der Waals surface area contributed by atoms with E-state index in [0.29, 0.717) is 54.1 Å². The van der Waals surface area contributed by atoms with Gasteiger partial charge < -0.3 is 14.5 Å². The van der Waals surface area contributed by atoms with Crippen molar-refractivity contribution >= 4 is 43.9 Å². The molecule has 3 aromatic rings. The summed E-state index contributed by atoms with van der Waals surface area (Å²) in [5.74, 6) is 0.236. The molecule has 0 radical (unpaired) electrons. The molecule has 40 heavy (non-hydrogen) atoms. The first kappa shape index (κ1) is 27.4. The van der Waals surface area contributed by atoms with Gasteiger partial charge in [0.25, 0.3) is 6.43 Å². The van der Waals surface area contributed by atoms with E-state index in [9.17, 15) is 26.4 Å². The molecule has 1 N–H and O–H groups in total. The van der Waals surface area contributed by atoms with Gasteiger partial charge in [0, 0.05) is 43.2 Å². The van der Waals surface area contributed by atoms with E-state index >= 15 is 0 Å². The number of benzene rings is 1. The molecular formula is C24H28F3N7O4S2. The molecular weight excluding hydrogens is 571 g/mol. The summed E-state index contributed by atoms with van der Waals surface area (Å²) in [5, 5.41) is 11.8. The van der Waals surface area contributed by atoms with Crippen LogP contribution < -0.4 is 9.62 Å². The summed E-state index contributed by atoms with van der Waals surface area (Å²) in [6.45, 7) is 0.783. The molecule has 11 nitrogen and oxygen atoms in total. The molecule has 2 saturated heterocycles. The Balaban J connectivity index is 1.36. The zero-order chi connectivity index (χ0) is 28.1. The van der Waals surface area contributed by atoms with Crippen molar-refractivity contribution in [1.29, 1.82) is 0 Å². The highest BCUT2D eigenvalue weighted by molar-refractivity contribution is 7.89. The molecule has 4 heterocycles. The molecule has 1 aromatic carbocycles. The van der Waals surface area contributed by atoms with Crippen molar-refractivity contribution in [3.05, 3.63) is 23.3 Å². The highest BCUT2D eigenvalue weighted by Crippen LogP contribution is 2.35. The topological polar surface area (TPSA) is 123 Å². The first-order valence-electron chi connectivity index (χ1n) is 13.0. The fourth-order valence-electron chi connectivity index (χ4n) is 5.51. The van der Waals surface area contributed by atoms with E-state index in [1.54, 1.807) is 0 Å². The maximum Gasteiger partial charge on any atom is 0.291 e. The Morgan fingerprint density at radius 2 is 1.88 bits per heavy atom. The standard InChI is InChI=1S/C24H28F3N7O4S2/c25-12-24(13-38-14-24)31-40(36,37)16-9-18(32-5-7-33(8-6-32)22(35)15-3-1-2-4-15)17-11-28-34(19(17)10-16)23-30-29-21(39-23)20(26)27/h9-11,15,20,31H,1-8,12-14H2. The maximum absolute atomic E-state index is 13.7. The van der Waals surface area contributed by atoms with E-state index in [1.165, 1.54) is 23.0 Å². The largest absolute Gasteiger partial charge is 0.377 e. The number of sulfonamides is 1. The Morgan fingerprint density at radius 1 is 1.15 bits per heavy atom. The summed E-state index contributed by atoms with van der Waals surface area (Å²) in [6.07, 6.45) is 2.67. The van der Waals surface area contributed by atoms with Gasteiger partial charge in [-0.2, -0.15) is 9.82 Å². The third-order valence-corrected chi connectivity index (χ3v) is 10.2. The van der Waals surface area contributed by atoms with Crippen LogP contribution >= 0.6 is 11.3 Å². The van der Waals surface area contributed by atoms with Gasteiger partial charge in [0.1, 0.15) is 12.2 Å². The van der Waals surface area contributed by atoms with Gasteiger partial charge >= 0.3 is 0 Å². The zero-order valence-electron chi connectivity index (χ0n) is 21.4. The van der Waals surface area contributed by atoms with Crippen molar-refractivity contribution in [3.8, 4) is 5.13 Å². The van der Waals surface area contributed by atoms with Crippen LogP contribution in [-0.2, 0) is 19.6 Å². The number of alkyl halides is 3. The molecule has 1 aliphatic carbocycles. The van der Waals surface area contributed by atoms with Crippen LogP contribution in [0.1, 0.15) is 37.1 Å². The number of aromatic nitrogens is 4. The van der Waals surface area contributed by atoms with Gasteiger partial charge in [0.05, 0.1) is 29.8 Å². The molecule has 6 rings (SSSR count). The van der Waals surface area contributed by atoms with Gasteiger partial charge in [-0.3, -0.25) is 4.79 Å². The molecule has 3 fully saturated rings. The van der Waals surface area contributed by atoms with Crippen LogP contribution in [0.2, 0.25) is 0 Å². The number of carbonyl (C=O) groups excluding carboxylic acids is 1. The highest BCUT2D eigenvalue weighted by Gasteiger charge is 2.43. The van der Waals surface area contributed by atoms with E-state index in [-0.39, 0.29) is 35.1 Å². The second kappa shape index (κ2) is 10.5. The van der Waals surface area contributed by atoms with Crippen molar-refractivity contribution in [2.45, 2.75) is 42.5 Å². The lowest BCUT2D eigenvalue weighted by atomic mass is 10.0. The second-order valence-electron chi connectivity index (χ2n) is 10.5. The smallest absolute Gasteiger partial charge is 0.291 e. The number of hydrogen-bond acceptors (Lipinski definition) is 9. The van der Waals surface area contributed by atoms with Gasteiger partial charge in [0.15, 0.2) is 5.01 Å². The van der Waals surface area contributed by atoms with Crippen molar-refractivity contribution in [3.63, 3.8) is 0 Å². The van der Waals surface area contributed by atoms with Gasteiger partial charge in [-0.15, -0.1) is 10.2 Å². The summed E-state index contributed by atoms with van der Waals surface area (Å²) in [6, 6.07) is 2.87. The highest BCUT2D eigenvalue weighted by atomic mass is 32.2. The Kier molecular flexibility index (Phi) is 7.21. The summed E-state index contributed by atoms with van der Waals surface area (Å²) >= 11 is 0.649. The molecule has 0 spiro atoms. The third-order valence-electron chi connectivity index (χ3n) is 7.75. The summed E-state index contributed by atoms with van der Waals surface area (Å²) in [7, 11) is -4.22. The second-order valence-corrected chi connectivity index (χ2v) is 13.1. The number of hydrogen-bond donors (Lipinski definition) is 1. The molecule has 16 heteroatoms. The Morgan fingerprint density at radius 3 is 2.48 bits per heavy atom. The Hall–Kier alpha value is -2.82. The van der Waals surface area contributed by atoms with E-state index in [1.807, 2.05) is 9.80 Å². The fourth-order valence-corrected chi connectivity index (χ4v) is 7.57. The summed E-state index contributed by atoms with van der Waals surface area (Å²) < 4.78 is 75.8. The fraction of sp³-hybridized carbons (Fsp3) is 0.583. The lowest BCUT2D eigenvalue weighted by Crippen LogP contribution is -2.63. The van der Waals surface area contributed by atoms with Crippen LogP contribution in [0.4, 0.5) is 18.9 Å². The number of anilines is 1. The third kappa shape index (κ3) is 4.94. The predicted molar refractivity (Wildman–Crippen MR) is 140 cm³/mol. The Bertz CT molecular complexity index is 1510. The van der Waals surface area contributed by atoms with Crippen molar-refractivity contribution in [1.82, 2.24) is 29.6 Å². The number of fused-ring (bicyclic) bond motifs is 1. The minimum atomic E-state index is -4.22. The van der Waals surface area contributed by atoms with Crippen LogP contribution in [0.5, 0.6) is 0 Å². The Labute approximate surface area is 232 Å². The van der Waals surface area contributed by atoms with E-state index in [0.717, 1.165) is 25.7 Å². The van der Waals surface area contributed by atoms with Gasteiger partial charge in [-0.1, -0.05) is 24.2 Å². The number of ether oxygens (including phenoxy) is 1. The van der Waals surface area contributed by atoms with Gasteiger partial charge in [0.2, 0.25) is 21.1 Å². The minimum absolute atomic E-state index is 0.0540. The van der Waals surface area contributed by atoms with Crippen LogP contribution in [-0.4, -0.2) is 90.8 Å². The monoisotopic (exact) mass is 599 g/mol. The quantitative estimate of drug-likeness (QED) is 0.420. The van der Waals surface area contributed by atoms with Gasteiger partial charge in [-0.25, -0.2) is 26.3 Å². The maximum atomic E-state index is 13.7. The average Bonchev–Trinajstić information content (AvgIpc) is 3.70. The molecule has 0 atom stereocenters. The van der Waals surface area contributed by atoms with E-state index < -0.39 is 33.7 Å². The first-order valence-corrected chi connectivity index (χ1v) is 15.3. The van der Waals surface area contributed by atoms with E-state index in [4.69, 9.17) is 4.74 Å².